The lowest BCUT2D eigenvalue weighted by Gasteiger charge is -2.27. The number of nitrogens with one attached hydrogen (secondary N) is 4. The number of rotatable bonds is 7. The first-order valence-corrected chi connectivity index (χ1v) is 12.0. The van der Waals surface area contributed by atoms with Crippen LogP contribution in [0.3, 0.4) is 0 Å². The molecule has 12 heteroatoms. The number of ether oxygens (including phenoxy) is 1. The SMILES string of the molecule is O=C(NC1(C(=O)NCc2ccc(Nc3ccc(F)cc3C(F)(F)F)cc2)CCOC1)c1cnc2cc[nH]c2c1. The second kappa shape index (κ2) is 10.4. The van der Waals surface area contributed by atoms with Crippen molar-refractivity contribution in [2.45, 2.75) is 24.7 Å². The van der Waals surface area contributed by atoms with Crippen LogP contribution >= 0.6 is 0 Å². The summed E-state index contributed by atoms with van der Waals surface area (Å²) in [4.78, 5) is 33.3. The van der Waals surface area contributed by atoms with Gasteiger partial charge in [0.15, 0.2) is 0 Å². The summed E-state index contributed by atoms with van der Waals surface area (Å²) >= 11 is 0. The molecule has 0 bridgehead atoms. The summed E-state index contributed by atoms with van der Waals surface area (Å²) < 4.78 is 58.6. The van der Waals surface area contributed by atoms with Gasteiger partial charge >= 0.3 is 6.18 Å². The largest absolute Gasteiger partial charge is 0.418 e. The minimum absolute atomic E-state index is 0.00478. The number of alkyl halides is 3. The van der Waals surface area contributed by atoms with Crippen molar-refractivity contribution in [1.29, 1.82) is 0 Å². The van der Waals surface area contributed by atoms with Gasteiger partial charge in [0.2, 0.25) is 5.91 Å². The van der Waals surface area contributed by atoms with E-state index < -0.39 is 34.9 Å². The van der Waals surface area contributed by atoms with Gasteiger partial charge in [-0.25, -0.2) is 4.39 Å². The highest BCUT2D eigenvalue weighted by atomic mass is 19.4. The maximum atomic E-state index is 13.4. The normalized spacial score (nSPS) is 17.2. The van der Waals surface area contributed by atoms with Crippen molar-refractivity contribution in [1.82, 2.24) is 20.6 Å². The zero-order valence-corrected chi connectivity index (χ0v) is 20.4. The van der Waals surface area contributed by atoms with Gasteiger partial charge in [-0.1, -0.05) is 12.1 Å². The number of aromatic amines is 1. The number of halogens is 4. The standard InChI is InChI=1S/C27H23F4N5O3/c28-18-3-6-21(20(12-18)27(29,30)31)35-19-4-1-16(2-5-19)13-34-25(38)26(8-10-39-15-26)36-24(37)17-11-23-22(33-14-17)7-9-32-23/h1-7,9,11-12,14,32,35H,8,10,13,15H2,(H,34,38)(H,36,37). The minimum atomic E-state index is -4.73. The number of nitrogens with zero attached hydrogens (tertiary/aromatic N) is 1. The number of amides is 2. The number of carbonyl (C=O) groups excluding carboxylic acids is 2. The number of hydrogen-bond acceptors (Lipinski definition) is 5. The van der Waals surface area contributed by atoms with Crippen molar-refractivity contribution < 1.29 is 31.9 Å². The Morgan fingerprint density at radius 1 is 1.08 bits per heavy atom. The molecule has 1 saturated heterocycles. The lowest BCUT2D eigenvalue weighted by atomic mass is 9.96. The molecule has 202 valence electrons. The van der Waals surface area contributed by atoms with Crippen LogP contribution in [-0.2, 0) is 22.3 Å². The minimum Gasteiger partial charge on any atom is -0.378 e. The molecule has 3 heterocycles. The van der Waals surface area contributed by atoms with E-state index in [2.05, 4.69) is 25.9 Å². The van der Waals surface area contributed by atoms with Crippen molar-refractivity contribution in [2.75, 3.05) is 18.5 Å². The molecule has 1 fully saturated rings. The third-order valence-electron chi connectivity index (χ3n) is 6.44. The zero-order chi connectivity index (χ0) is 27.6. The van der Waals surface area contributed by atoms with E-state index in [-0.39, 0.29) is 25.3 Å². The number of fused-ring (bicyclic) bond motifs is 1. The van der Waals surface area contributed by atoms with Crippen LogP contribution in [0.1, 0.15) is 27.9 Å². The Balaban J connectivity index is 1.23. The molecule has 2 amide bonds. The van der Waals surface area contributed by atoms with E-state index in [0.717, 1.165) is 12.1 Å². The summed E-state index contributed by atoms with van der Waals surface area (Å²) in [5.74, 6) is -1.88. The van der Waals surface area contributed by atoms with Crippen molar-refractivity contribution in [3.05, 3.63) is 89.5 Å². The topological polar surface area (TPSA) is 108 Å². The van der Waals surface area contributed by atoms with Gasteiger partial charge in [0.05, 0.1) is 34.5 Å². The van der Waals surface area contributed by atoms with Crippen LogP contribution in [0.25, 0.3) is 11.0 Å². The quantitative estimate of drug-likeness (QED) is 0.255. The Hall–Kier alpha value is -4.45. The molecule has 0 aliphatic carbocycles. The second-order valence-corrected chi connectivity index (χ2v) is 9.17. The Morgan fingerprint density at radius 3 is 2.59 bits per heavy atom. The summed E-state index contributed by atoms with van der Waals surface area (Å²) in [7, 11) is 0. The summed E-state index contributed by atoms with van der Waals surface area (Å²) in [6, 6.07) is 12.2. The highest BCUT2D eigenvalue weighted by molar-refractivity contribution is 6.01. The molecule has 0 spiro atoms. The number of benzene rings is 2. The van der Waals surface area contributed by atoms with E-state index >= 15 is 0 Å². The lowest BCUT2D eigenvalue weighted by molar-refractivity contribution is -0.137. The zero-order valence-electron chi connectivity index (χ0n) is 20.4. The van der Waals surface area contributed by atoms with E-state index in [0.29, 0.717) is 40.5 Å². The molecule has 4 N–H and O–H groups in total. The molecule has 1 aliphatic rings. The first-order valence-electron chi connectivity index (χ1n) is 12.0. The van der Waals surface area contributed by atoms with Crippen molar-refractivity contribution in [3.63, 3.8) is 0 Å². The average Bonchev–Trinajstić information content (AvgIpc) is 3.58. The fourth-order valence-electron chi connectivity index (χ4n) is 4.32. The molecule has 1 atom stereocenters. The molecule has 2 aromatic carbocycles. The molecule has 5 rings (SSSR count). The fourth-order valence-corrected chi connectivity index (χ4v) is 4.32. The number of anilines is 2. The van der Waals surface area contributed by atoms with Crippen LogP contribution in [0.15, 0.2) is 67.0 Å². The molecular formula is C27H23F4N5O3. The molecule has 0 saturated carbocycles. The molecule has 39 heavy (non-hydrogen) atoms. The highest BCUT2D eigenvalue weighted by Crippen LogP contribution is 2.36. The summed E-state index contributed by atoms with van der Waals surface area (Å²) in [6.07, 6.45) is -1.30. The summed E-state index contributed by atoms with van der Waals surface area (Å²) in [6.45, 7) is 0.410. The number of hydrogen-bond donors (Lipinski definition) is 4. The maximum Gasteiger partial charge on any atom is 0.418 e. The van der Waals surface area contributed by atoms with Crippen LogP contribution < -0.4 is 16.0 Å². The van der Waals surface area contributed by atoms with Crippen LogP contribution in [0.4, 0.5) is 28.9 Å². The Bertz CT molecular complexity index is 1510. The van der Waals surface area contributed by atoms with Crippen LogP contribution in [0, 0.1) is 5.82 Å². The third-order valence-corrected chi connectivity index (χ3v) is 6.44. The number of pyridine rings is 1. The van der Waals surface area contributed by atoms with E-state index in [4.69, 9.17) is 4.74 Å². The van der Waals surface area contributed by atoms with Gasteiger partial charge in [-0.2, -0.15) is 13.2 Å². The van der Waals surface area contributed by atoms with Gasteiger partial charge in [-0.05, 0) is 48.0 Å². The van der Waals surface area contributed by atoms with E-state index in [1.54, 1.807) is 42.6 Å². The van der Waals surface area contributed by atoms with Crippen molar-refractivity contribution >= 4 is 34.2 Å². The average molecular weight is 542 g/mol. The van der Waals surface area contributed by atoms with Crippen LogP contribution in [0.2, 0.25) is 0 Å². The molecule has 2 aromatic heterocycles. The van der Waals surface area contributed by atoms with Gasteiger partial charge < -0.3 is 25.7 Å². The monoisotopic (exact) mass is 541 g/mol. The van der Waals surface area contributed by atoms with E-state index in [1.165, 1.54) is 6.20 Å². The lowest BCUT2D eigenvalue weighted by Crippen LogP contribution is -2.59. The maximum absolute atomic E-state index is 13.4. The predicted octanol–water partition coefficient (Wildman–Crippen LogP) is 4.67. The number of carbonyl (C=O) groups is 2. The Kier molecular flexibility index (Phi) is 6.96. The second-order valence-electron chi connectivity index (χ2n) is 9.17. The van der Waals surface area contributed by atoms with E-state index in [1.807, 2.05) is 0 Å². The number of H-pyrrole nitrogens is 1. The summed E-state index contributed by atoms with van der Waals surface area (Å²) in [5.41, 5.74) is 0.0529. The highest BCUT2D eigenvalue weighted by Gasteiger charge is 2.43. The van der Waals surface area contributed by atoms with Gasteiger partial charge in [-0.15, -0.1) is 0 Å². The van der Waals surface area contributed by atoms with Gasteiger partial charge in [0.25, 0.3) is 5.91 Å². The van der Waals surface area contributed by atoms with Gasteiger partial charge in [0.1, 0.15) is 11.4 Å². The molecule has 1 aliphatic heterocycles. The van der Waals surface area contributed by atoms with Crippen molar-refractivity contribution in [2.24, 2.45) is 0 Å². The molecule has 0 radical (unpaired) electrons. The van der Waals surface area contributed by atoms with Gasteiger partial charge in [0, 0.05) is 37.7 Å². The van der Waals surface area contributed by atoms with E-state index in [9.17, 15) is 27.2 Å². The van der Waals surface area contributed by atoms with Crippen LogP contribution in [0.5, 0.6) is 0 Å². The molecule has 4 aromatic rings. The van der Waals surface area contributed by atoms with Gasteiger partial charge in [-0.3, -0.25) is 14.6 Å². The number of aromatic nitrogens is 2. The summed E-state index contributed by atoms with van der Waals surface area (Å²) in [5, 5.41) is 8.25. The smallest absolute Gasteiger partial charge is 0.378 e. The Morgan fingerprint density at radius 2 is 1.87 bits per heavy atom. The first-order chi connectivity index (χ1) is 18.6. The predicted molar refractivity (Wildman–Crippen MR) is 135 cm³/mol. The molecule has 8 nitrogen and oxygen atoms in total. The fraction of sp³-hybridized carbons (Fsp3) is 0.222. The van der Waals surface area contributed by atoms with Crippen molar-refractivity contribution in [3.8, 4) is 0 Å². The third kappa shape index (κ3) is 5.70. The molecule has 1 unspecified atom stereocenters. The van der Waals surface area contributed by atoms with Crippen LogP contribution in [-0.4, -0.2) is 40.5 Å². The molecular weight excluding hydrogens is 518 g/mol. The first kappa shape index (κ1) is 26.2. The Labute approximate surface area is 219 Å².